The lowest BCUT2D eigenvalue weighted by atomic mass is 10.1. The molecule has 140 valence electrons. The Morgan fingerprint density at radius 2 is 1.89 bits per heavy atom. The van der Waals surface area contributed by atoms with Crippen LogP contribution in [0.2, 0.25) is 0 Å². The first-order chi connectivity index (χ1) is 13.1. The standard InChI is InChI=1S/C21H21FN2O3/c1-26-12-2-11-24-21(25)18(14-23)13-16-5-9-20(10-6-16)27-15-17-3-7-19(22)8-4-17/h3-10,13H,2,11-12,15H2,1H3,(H,24,25)/b18-13+. The lowest BCUT2D eigenvalue weighted by molar-refractivity contribution is -0.117. The second-order valence-corrected chi connectivity index (χ2v) is 5.76. The molecule has 1 amide bonds. The van der Waals surface area contributed by atoms with Gasteiger partial charge in [-0.25, -0.2) is 4.39 Å². The molecule has 0 aliphatic heterocycles. The maximum Gasteiger partial charge on any atom is 0.261 e. The van der Waals surface area contributed by atoms with Gasteiger partial charge in [0.15, 0.2) is 0 Å². The SMILES string of the molecule is COCCCNC(=O)/C(C#N)=C/c1ccc(OCc2ccc(F)cc2)cc1. The molecule has 0 saturated carbocycles. The van der Waals surface area contributed by atoms with Crippen molar-refractivity contribution in [1.82, 2.24) is 5.32 Å². The zero-order chi connectivity index (χ0) is 19.5. The number of carbonyl (C=O) groups is 1. The third-order valence-corrected chi connectivity index (χ3v) is 3.69. The van der Waals surface area contributed by atoms with E-state index in [0.717, 1.165) is 5.56 Å². The van der Waals surface area contributed by atoms with Gasteiger partial charge in [0.05, 0.1) is 0 Å². The molecule has 0 bridgehead atoms. The number of carbonyl (C=O) groups excluding carboxylic acids is 1. The number of methoxy groups -OCH3 is 1. The van der Waals surface area contributed by atoms with Crippen molar-refractivity contribution in [3.63, 3.8) is 0 Å². The fourth-order valence-corrected chi connectivity index (χ4v) is 2.24. The largest absolute Gasteiger partial charge is 0.489 e. The molecule has 6 heteroatoms. The first-order valence-electron chi connectivity index (χ1n) is 8.48. The molecule has 0 unspecified atom stereocenters. The van der Waals surface area contributed by atoms with Crippen LogP contribution in [-0.2, 0) is 16.1 Å². The van der Waals surface area contributed by atoms with Crippen LogP contribution in [0.3, 0.4) is 0 Å². The molecule has 1 N–H and O–H groups in total. The number of halogens is 1. The van der Waals surface area contributed by atoms with Crippen molar-refractivity contribution in [2.24, 2.45) is 0 Å². The number of nitriles is 1. The second kappa shape index (κ2) is 10.7. The van der Waals surface area contributed by atoms with Gasteiger partial charge in [-0.15, -0.1) is 0 Å². The molecule has 2 aromatic carbocycles. The van der Waals surface area contributed by atoms with Crippen molar-refractivity contribution in [3.05, 3.63) is 71.0 Å². The molecule has 0 heterocycles. The summed E-state index contributed by atoms with van der Waals surface area (Å²) < 4.78 is 23.4. The smallest absolute Gasteiger partial charge is 0.261 e. The first-order valence-corrected chi connectivity index (χ1v) is 8.48. The van der Waals surface area contributed by atoms with E-state index in [1.807, 2.05) is 6.07 Å². The third kappa shape index (κ3) is 6.92. The summed E-state index contributed by atoms with van der Waals surface area (Å²) in [5.41, 5.74) is 1.61. The molecule has 0 radical (unpaired) electrons. The number of amides is 1. The highest BCUT2D eigenvalue weighted by Gasteiger charge is 2.08. The van der Waals surface area contributed by atoms with Crippen molar-refractivity contribution in [3.8, 4) is 11.8 Å². The van der Waals surface area contributed by atoms with Crippen LogP contribution in [0.1, 0.15) is 17.5 Å². The fourth-order valence-electron chi connectivity index (χ4n) is 2.24. The number of nitrogens with one attached hydrogen (secondary N) is 1. The van der Waals surface area contributed by atoms with Gasteiger partial charge in [-0.1, -0.05) is 24.3 Å². The van der Waals surface area contributed by atoms with Crippen LogP contribution < -0.4 is 10.1 Å². The molecule has 0 aliphatic rings. The molecule has 27 heavy (non-hydrogen) atoms. The molecule has 0 saturated heterocycles. The van der Waals surface area contributed by atoms with E-state index in [1.54, 1.807) is 43.5 Å². The summed E-state index contributed by atoms with van der Waals surface area (Å²) >= 11 is 0. The van der Waals surface area contributed by atoms with Gasteiger partial charge in [-0.2, -0.15) is 5.26 Å². The molecule has 2 aromatic rings. The fraction of sp³-hybridized carbons (Fsp3) is 0.238. The van der Waals surface area contributed by atoms with E-state index < -0.39 is 5.91 Å². The highest BCUT2D eigenvalue weighted by Crippen LogP contribution is 2.16. The van der Waals surface area contributed by atoms with Gasteiger partial charge in [0.1, 0.15) is 29.8 Å². The summed E-state index contributed by atoms with van der Waals surface area (Å²) in [6, 6.07) is 15.0. The maximum atomic E-state index is 12.9. The van der Waals surface area contributed by atoms with Crippen molar-refractivity contribution < 1.29 is 18.7 Å². The monoisotopic (exact) mass is 368 g/mol. The molecule has 5 nitrogen and oxygen atoms in total. The zero-order valence-electron chi connectivity index (χ0n) is 15.1. The van der Waals surface area contributed by atoms with Crippen LogP contribution in [-0.4, -0.2) is 26.2 Å². The van der Waals surface area contributed by atoms with Crippen LogP contribution in [0, 0.1) is 17.1 Å². The Kier molecular flexibility index (Phi) is 8.01. The zero-order valence-corrected chi connectivity index (χ0v) is 15.1. The van der Waals surface area contributed by atoms with Gasteiger partial charge in [0, 0.05) is 20.3 Å². The number of rotatable bonds is 9. The first kappa shape index (κ1) is 20.1. The lowest BCUT2D eigenvalue weighted by Crippen LogP contribution is -2.26. The van der Waals surface area contributed by atoms with E-state index in [2.05, 4.69) is 5.32 Å². The quantitative estimate of drug-likeness (QED) is 0.418. The van der Waals surface area contributed by atoms with Crippen molar-refractivity contribution in [2.75, 3.05) is 20.3 Å². The predicted molar refractivity (Wildman–Crippen MR) is 100 cm³/mol. The van der Waals surface area contributed by atoms with E-state index in [9.17, 15) is 14.4 Å². The minimum Gasteiger partial charge on any atom is -0.489 e. The van der Waals surface area contributed by atoms with Gasteiger partial charge in [-0.3, -0.25) is 4.79 Å². The topological polar surface area (TPSA) is 71.3 Å². The number of ether oxygens (including phenoxy) is 2. The van der Waals surface area contributed by atoms with Crippen LogP contribution in [0.4, 0.5) is 4.39 Å². The predicted octanol–water partition coefficient (Wildman–Crippen LogP) is 3.46. The number of benzene rings is 2. The summed E-state index contributed by atoms with van der Waals surface area (Å²) in [6.07, 6.45) is 2.20. The number of hydrogen-bond donors (Lipinski definition) is 1. The Morgan fingerprint density at radius 3 is 2.52 bits per heavy atom. The molecule has 0 atom stereocenters. The number of hydrogen-bond acceptors (Lipinski definition) is 4. The normalized spacial score (nSPS) is 10.9. The molecule has 0 spiro atoms. The average molecular weight is 368 g/mol. The number of nitrogens with zero attached hydrogens (tertiary/aromatic N) is 1. The van der Waals surface area contributed by atoms with Gasteiger partial charge in [0.25, 0.3) is 5.91 Å². The minimum absolute atomic E-state index is 0.0346. The average Bonchev–Trinajstić information content (AvgIpc) is 2.69. The van der Waals surface area contributed by atoms with Crippen molar-refractivity contribution >= 4 is 12.0 Å². The molecule has 0 aliphatic carbocycles. The minimum atomic E-state index is -0.412. The van der Waals surface area contributed by atoms with Gasteiger partial charge < -0.3 is 14.8 Å². The summed E-state index contributed by atoms with van der Waals surface area (Å²) in [5.74, 6) is -0.0600. The molecule has 2 rings (SSSR count). The summed E-state index contributed by atoms with van der Waals surface area (Å²) in [5, 5.41) is 11.9. The second-order valence-electron chi connectivity index (χ2n) is 5.76. The van der Waals surface area contributed by atoms with Gasteiger partial charge in [-0.05, 0) is 47.9 Å². The summed E-state index contributed by atoms with van der Waals surface area (Å²) in [6.45, 7) is 1.32. The highest BCUT2D eigenvalue weighted by molar-refractivity contribution is 6.01. The van der Waals surface area contributed by atoms with Crippen LogP contribution in [0.25, 0.3) is 6.08 Å². The van der Waals surface area contributed by atoms with E-state index >= 15 is 0 Å². The molecular formula is C21H21FN2O3. The molecular weight excluding hydrogens is 347 g/mol. The van der Waals surface area contributed by atoms with Gasteiger partial charge >= 0.3 is 0 Å². The Labute approximate surface area is 158 Å². The van der Waals surface area contributed by atoms with Crippen LogP contribution in [0.15, 0.2) is 54.1 Å². The van der Waals surface area contributed by atoms with E-state index in [4.69, 9.17) is 9.47 Å². The Morgan fingerprint density at radius 1 is 1.19 bits per heavy atom. The molecule has 0 fully saturated rings. The van der Waals surface area contributed by atoms with E-state index in [1.165, 1.54) is 18.2 Å². The maximum absolute atomic E-state index is 12.9. The summed E-state index contributed by atoms with van der Waals surface area (Å²) in [7, 11) is 1.59. The molecule has 0 aromatic heterocycles. The lowest BCUT2D eigenvalue weighted by Gasteiger charge is -2.07. The van der Waals surface area contributed by atoms with E-state index in [-0.39, 0.29) is 11.4 Å². The van der Waals surface area contributed by atoms with Crippen molar-refractivity contribution in [2.45, 2.75) is 13.0 Å². The van der Waals surface area contributed by atoms with Crippen molar-refractivity contribution in [1.29, 1.82) is 5.26 Å². The van der Waals surface area contributed by atoms with Crippen LogP contribution >= 0.6 is 0 Å². The summed E-state index contributed by atoms with van der Waals surface area (Å²) in [4.78, 5) is 12.0. The van der Waals surface area contributed by atoms with Crippen LogP contribution in [0.5, 0.6) is 5.75 Å². The van der Waals surface area contributed by atoms with Gasteiger partial charge in [0.2, 0.25) is 0 Å². The third-order valence-electron chi connectivity index (χ3n) is 3.69. The Bertz CT molecular complexity index is 809. The van der Waals surface area contributed by atoms with E-state index in [0.29, 0.717) is 37.5 Å². The Hall–Kier alpha value is -3.17. The highest BCUT2D eigenvalue weighted by atomic mass is 19.1. The Balaban J connectivity index is 1.92.